The number of sulfonamides is 1. The van der Waals surface area contributed by atoms with Crippen molar-refractivity contribution in [2.75, 3.05) is 0 Å². The van der Waals surface area contributed by atoms with Crippen molar-refractivity contribution < 1.29 is 23.2 Å². The Labute approximate surface area is 194 Å². The molecule has 0 bridgehead atoms. The molecule has 0 aliphatic rings. The van der Waals surface area contributed by atoms with Crippen LogP contribution >= 0.6 is 0 Å². The predicted octanol–water partition coefficient (Wildman–Crippen LogP) is 4.41. The maximum atomic E-state index is 13.2. The molecule has 0 heterocycles. The van der Waals surface area contributed by atoms with Crippen LogP contribution in [0.4, 0.5) is 0 Å². The van der Waals surface area contributed by atoms with Crippen LogP contribution in [0.2, 0.25) is 0 Å². The first-order valence-corrected chi connectivity index (χ1v) is 12.0. The van der Waals surface area contributed by atoms with Gasteiger partial charge in [-0.3, -0.25) is 10.0 Å². The van der Waals surface area contributed by atoms with Crippen LogP contribution in [0.5, 0.6) is 5.75 Å². The summed E-state index contributed by atoms with van der Waals surface area (Å²) in [6.07, 6.45) is 0.238. The quantitative estimate of drug-likeness (QED) is 0.377. The van der Waals surface area contributed by atoms with Gasteiger partial charge >= 0.3 is 0 Å². The average Bonchev–Trinajstić information content (AvgIpc) is 2.72. The average molecular weight is 469 g/mol. The number of carbonyl (C=O) groups is 1. The summed E-state index contributed by atoms with van der Waals surface area (Å²) in [7, 11) is -4.28. The molecule has 0 aromatic heterocycles. The summed E-state index contributed by atoms with van der Waals surface area (Å²) in [5, 5.41) is 10.3. The fourth-order valence-electron chi connectivity index (χ4n) is 3.54. The van der Waals surface area contributed by atoms with Crippen molar-refractivity contribution in [3.05, 3.63) is 94.5 Å². The molecule has 2 N–H and O–H groups in total. The molecule has 0 fully saturated rings. The minimum atomic E-state index is -4.28. The minimum absolute atomic E-state index is 0.00831. The van der Waals surface area contributed by atoms with E-state index in [9.17, 15) is 18.4 Å². The Morgan fingerprint density at radius 3 is 2.24 bits per heavy atom. The molecule has 0 saturated carbocycles. The van der Waals surface area contributed by atoms with E-state index in [2.05, 4.69) is 0 Å². The number of nitrogens with one attached hydrogen (secondary N) is 1. The van der Waals surface area contributed by atoms with Gasteiger partial charge in [0.05, 0.1) is 11.0 Å². The maximum Gasteiger partial charge on any atom is 0.293 e. The van der Waals surface area contributed by atoms with E-state index in [0.717, 1.165) is 16.7 Å². The number of hydrogen-bond acceptors (Lipinski definition) is 5. The van der Waals surface area contributed by atoms with Crippen LogP contribution in [0.15, 0.2) is 71.6 Å². The molecular weight excluding hydrogens is 440 g/mol. The van der Waals surface area contributed by atoms with Gasteiger partial charge in [-0.1, -0.05) is 52.4 Å². The van der Waals surface area contributed by atoms with Gasteiger partial charge in [-0.2, -0.15) is 0 Å². The number of hydrazine groups is 1. The van der Waals surface area contributed by atoms with Crippen LogP contribution in [-0.4, -0.2) is 30.8 Å². The molecule has 0 saturated heterocycles. The number of aryl methyl sites for hydroxylation is 2. The molecule has 7 nitrogen and oxygen atoms in total. The smallest absolute Gasteiger partial charge is 0.293 e. The Kier molecular flexibility index (Phi) is 7.53. The standard InChI is InChI=1S/C25H28N2O5S/c1-17(2)32-23-10-11-24(21(16-23)15-20-8-6-5-7-9-20)33(30,31)26-27(29)25(28)22-13-18(3)12-19(4)14-22/h5-14,16-17,26,29H,15H2,1-4H3. The highest BCUT2D eigenvalue weighted by Gasteiger charge is 2.25. The zero-order chi connectivity index (χ0) is 24.2. The van der Waals surface area contributed by atoms with Crippen molar-refractivity contribution in [2.45, 2.75) is 45.1 Å². The summed E-state index contributed by atoms with van der Waals surface area (Å²) in [5.74, 6) is -0.350. The van der Waals surface area contributed by atoms with Crippen molar-refractivity contribution in [3.63, 3.8) is 0 Å². The number of hydrogen-bond donors (Lipinski definition) is 2. The highest BCUT2D eigenvalue weighted by molar-refractivity contribution is 7.89. The third-order valence-corrected chi connectivity index (χ3v) is 6.19. The van der Waals surface area contributed by atoms with E-state index in [1.165, 1.54) is 6.07 Å². The van der Waals surface area contributed by atoms with E-state index in [1.807, 2.05) is 68.9 Å². The second kappa shape index (κ2) is 10.2. The lowest BCUT2D eigenvalue weighted by molar-refractivity contribution is -0.0761. The zero-order valence-corrected chi connectivity index (χ0v) is 19.9. The van der Waals surface area contributed by atoms with Gasteiger partial charge in [0.2, 0.25) is 0 Å². The lowest BCUT2D eigenvalue weighted by Crippen LogP contribution is -2.44. The van der Waals surface area contributed by atoms with E-state index in [4.69, 9.17) is 4.74 Å². The van der Waals surface area contributed by atoms with Crippen LogP contribution in [0.1, 0.15) is 46.5 Å². The molecule has 0 spiro atoms. The van der Waals surface area contributed by atoms with E-state index < -0.39 is 15.9 Å². The maximum absolute atomic E-state index is 13.2. The molecule has 0 unspecified atom stereocenters. The van der Waals surface area contributed by atoms with Crippen molar-refractivity contribution in [1.82, 2.24) is 10.0 Å². The van der Waals surface area contributed by atoms with Crippen molar-refractivity contribution in [3.8, 4) is 5.75 Å². The summed E-state index contributed by atoms with van der Waals surface area (Å²) in [6.45, 7) is 7.38. The van der Waals surface area contributed by atoms with Gasteiger partial charge in [0.25, 0.3) is 15.9 Å². The molecule has 33 heavy (non-hydrogen) atoms. The van der Waals surface area contributed by atoms with Gasteiger partial charge in [0.15, 0.2) is 0 Å². The van der Waals surface area contributed by atoms with Crippen LogP contribution in [0.25, 0.3) is 0 Å². The molecule has 174 valence electrons. The predicted molar refractivity (Wildman–Crippen MR) is 126 cm³/mol. The Bertz CT molecular complexity index is 1220. The number of carbonyl (C=O) groups excluding carboxylic acids is 1. The molecule has 1 amide bonds. The molecular formula is C25H28N2O5S. The summed E-state index contributed by atoms with van der Waals surface area (Å²) in [6, 6.07) is 19.0. The summed E-state index contributed by atoms with van der Waals surface area (Å²) >= 11 is 0. The summed E-state index contributed by atoms with van der Waals surface area (Å²) in [5.41, 5.74) is 3.19. The van der Waals surface area contributed by atoms with E-state index in [-0.39, 0.29) is 21.7 Å². The van der Waals surface area contributed by atoms with Gasteiger partial charge in [-0.25, -0.2) is 8.42 Å². The Balaban J connectivity index is 1.92. The highest BCUT2D eigenvalue weighted by Crippen LogP contribution is 2.25. The van der Waals surface area contributed by atoms with E-state index in [0.29, 0.717) is 17.7 Å². The highest BCUT2D eigenvalue weighted by atomic mass is 32.2. The van der Waals surface area contributed by atoms with Crippen molar-refractivity contribution in [1.29, 1.82) is 0 Å². The fourth-order valence-corrected chi connectivity index (χ4v) is 4.67. The Morgan fingerprint density at radius 2 is 1.64 bits per heavy atom. The number of ether oxygens (including phenoxy) is 1. The van der Waals surface area contributed by atoms with Gasteiger partial charge in [-0.05, 0) is 75.6 Å². The molecule has 0 aliphatic carbocycles. The molecule has 0 atom stereocenters. The van der Waals surface area contributed by atoms with E-state index >= 15 is 0 Å². The van der Waals surface area contributed by atoms with Gasteiger partial charge in [0, 0.05) is 5.56 Å². The van der Waals surface area contributed by atoms with Crippen LogP contribution < -0.4 is 9.57 Å². The lowest BCUT2D eigenvalue weighted by atomic mass is 10.0. The molecule has 3 aromatic carbocycles. The molecule has 3 aromatic rings. The largest absolute Gasteiger partial charge is 0.491 e. The van der Waals surface area contributed by atoms with E-state index in [1.54, 1.807) is 24.3 Å². The number of amides is 1. The van der Waals surface area contributed by atoms with Crippen LogP contribution in [-0.2, 0) is 16.4 Å². The third-order valence-electron chi connectivity index (χ3n) is 4.80. The SMILES string of the molecule is Cc1cc(C)cc(C(=O)N(O)NS(=O)(=O)c2ccc(OC(C)C)cc2Cc2ccccc2)c1. The second-order valence-electron chi connectivity index (χ2n) is 8.19. The molecule has 8 heteroatoms. The Hall–Kier alpha value is -3.20. The second-order valence-corrected chi connectivity index (χ2v) is 9.82. The first-order chi connectivity index (χ1) is 15.5. The zero-order valence-electron chi connectivity index (χ0n) is 19.1. The van der Waals surface area contributed by atoms with Crippen LogP contribution in [0.3, 0.4) is 0 Å². The molecule has 3 rings (SSSR count). The van der Waals surface area contributed by atoms with Crippen LogP contribution in [0, 0.1) is 13.8 Å². The topological polar surface area (TPSA) is 95.9 Å². The van der Waals surface area contributed by atoms with Gasteiger partial charge in [0.1, 0.15) is 5.75 Å². The van der Waals surface area contributed by atoms with Crippen molar-refractivity contribution in [2.24, 2.45) is 0 Å². The molecule has 0 radical (unpaired) electrons. The third kappa shape index (κ3) is 6.41. The minimum Gasteiger partial charge on any atom is -0.491 e. The van der Waals surface area contributed by atoms with Crippen molar-refractivity contribution >= 4 is 15.9 Å². The number of rotatable bonds is 8. The van der Waals surface area contributed by atoms with Gasteiger partial charge < -0.3 is 4.74 Å². The normalized spacial score (nSPS) is 11.5. The summed E-state index contributed by atoms with van der Waals surface area (Å²) in [4.78, 5) is 14.5. The number of hydroxylamine groups is 1. The molecule has 0 aliphatic heterocycles. The number of benzene rings is 3. The fraction of sp³-hybridized carbons (Fsp3) is 0.240. The first-order valence-electron chi connectivity index (χ1n) is 10.5. The first kappa shape index (κ1) is 24.4. The van der Waals surface area contributed by atoms with Gasteiger partial charge in [-0.15, -0.1) is 5.17 Å². The Morgan fingerprint density at radius 1 is 1.00 bits per heavy atom. The summed E-state index contributed by atoms with van der Waals surface area (Å²) < 4.78 is 32.0. The monoisotopic (exact) mass is 468 g/mol. The lowest BCUT2D eigenvalue weighted by Gasteiger charge is -2.19. The number of nitrogens with zero attached hydrogens (tertiary/aromatic N) is 1.